The summed E-state index contributed by atoms with van der Waals surface area (Å²) in [5, 5.41) is 19.9. The largest absolute Gasteiger partial charge is 0.508 e. The number of aromatic nitrogens is 1. The number of aromatic hydroxyl groups is 2. The molecule has 3 aromatic rings. The zero-order valence-corrected chi connectivity index (χ0v) is 15.1. The van der Waals surface area contributed by atoms with Gasteiger partial charge in [-0.2, -0.15) is 0 Å². The van der Waals surface area contributed by atoms with Crippen LogP contribution in [0.2, 0.25) is 5.15 Å². The SMILES string of the molecule is O=C(c1ccc(O)cc1O)N1CCCc2cc(-c3ccc(Cl)nc3)ccc21. The molecule has 0 aliphatic carbocycles. The zero-order chi connectivity index (χ0) is 19.0. The molecule has 1 aromatic heterocycles. The maximum atomic E-state index is 12.9. The molecule has 2 aromatic carbocycles. The second-order valence-corrected chi connectivity index (χ2v) is 6.86. The lowest BCUT2D eigenvalue weighted by Gasteiger charge is -2.30. The van der Waals surface area contributed by atoms with Crippen LogP contribution in [0.4, 0.5) is 5.69 Å². The highest BCUT2D eigenvalue weighted by molar-refractivity contribution is 6.29. The van der Waals surface area contributed by atoms with Gasteiger partial charge in [0.1, 0.15) is 16.7 Å². The van der Waals surface area contributed by atoms with E-state index in [1.54, 1.807) is 17.2 Å². The number of hydrogen-bond donors (Lipinski definition) is 2. The number of fused-ring (bicyclic) bond motifs is 1. The lowest BCUT2D eigenvalue weighted by Crippen LogP contribution is -2.35. The number of anilines is 1. The third kappa shape index (κ3) is 3.34. The number of halogens is 1. The Morgan fingerprint density at radius 3 is 2.59 bits per heavy atom. The monoisotopic (exact) mass is 380 g/mol. The molecule has 2 N–H and O–H groups in total. The normalized spacial score (nSPS) is 13.3. The topological polar surface area (TPSA) is 73.7 Å². The average molecular weight is 381 g/mol. The summed E-state index contributed by atoms with van der Waals surface area (Å²) in [6, 6.07) is 13.6. The van der Waals surface area contributed by atoms with Crippen molar-refractivity contribution in [3.8, 4) is 22.6 Å². The van der Waals surface area contributed by atoms with E-state index in [0.29, 0.717) is 11.7 Å². The summed E-state index contributed by atoms with van der Waals surface area (Å²) < 4.78 is 0. The van der Waals surface area contributed by atoms with Gasteiger partial charge >= 0.3 is 0 Å². The number of rotatable bonds is 2. The fraction of sp³-hybridized carbons (Fsp3) is 0.143. The molecule has 0 unspecified atom stereocenters. The Hall–Kier alpha value is -3.05. The molecule has 0 radical (unpaired) electrons. The minimum absolute atomic E-state index is 0.0793. The van der Waals surface area contributed by atoms with Crippen LogP contribution in [0.1, 0.15) is 22.3 Å². The van der Waals surface area contributed by atoms with Crippen LogP contribution in [-0.2, 0) is 6.42 Å². The second-order valence-electron chi connectivity index (χ2n) is 6.47. The van der Waals surface area contributed by atoms with Crippen LogP contribution in [0, 0.1) is 0 Å². The Morgan fingerprint density at radius 1 is 1.04 bits per heavy atom. The van der Waals surface area contributed by atoms with Crippen LogP contribution in [0.5, 0.6) is 11.5 Å². The number of aryl methyl sites for hydroxylation is 1. The third-order valence-corrected chi connectivity index (χ3v) is 4.94. The van der Waals surface area contributed by atoms with Gasteiger partial charge < -0.3 is 15.1 Å². The Morgan fingerprint density at radius 2 is 1.85 bits per heavy atom. The van der Waals surface area contributed by atoms with Crippen molar-refractivity contribution in [1.29, 1.82) is 0 Å². The summed E-state index contributed by atoms with van der Waals surface area (Å²) in [5.74, 6) is -0.588. The highest BCUT2D eigenvalue weighted by Crippen LogP contribution is 2.34. The van der Waals surface area contributed by atoms with Crippen molar-refractivity contribution in [2.24, 2.45) is 0 Å². The van der Waals surface area contributed by atoms with Gasteiger partial charge in [-0.25, -0.2) is 4.98 Å². The maximum Gasteiger partial charge on any atom is 0.262 e. The number of phenols is 2. The van der Waals surface area contributed by atoms with Gasteiger partial charge in [-0.3, -0.25) is 4.79 Å². The van der Waals surface area contributed by atoms with E-state index < -0.39 is 0 Å². The molecule has 0 saturated heterocycles. The zero-order valence-electron chi connectivity index (χ0n) is 14.4. The number of hydrogen-bond acceptors (Lipinski definition) is 4. The van der Waals surface area contributed by atoms with Gasteiger partial charge in [-0.15, -0.1) is 0 Å². The van der Waals surface area contributed by atoms with Crippen LogP contribution in [0.15, 0.2) is 54.7 Å². The summed E-state index contributed by atoms with van der Waals surface area (Å²) in [6.45, 7) is 0.577. The molecule has 1 aliphatic rings. The van der Waals surface area contributed by atoms with Crippen molar-refractivity contribution in [2.45, 2.75) is 12.8 Å². The van der Waals surface area contributed by atoms with Crippen molar-refractivity contribution in [3.63, 3.8) is 0 Å². The first-order chi connectivity index (χ1) is 13.0. The van der Waals surface area contributed by atoms with Crippen molar-refractivity contribution in [2.75, 3.05) is 11.4 Å². The molecule has 0 spiro atoms. The molecule has 2 heterocycles. The molecule has 6 heteroatoms. The van der Waals surface area contributed by atoms with Crippen molar-refractivity contribution >= 4 is 23.2 Å². The Bertz CT molecular complexity index is 1020. The van der Waals surface area contributed by atoms with Gasteiger partial charge in [0.25, 0.3) is 5.91 Å². The first kappa shape index (κ1) is 17.4. The summed E-state index contributed by atoms with van der Waals surface area (Å²) in [7, 11) is 0. The lowest BCUT2D eigenvalue weighted by molar-refractivity contribution is 0.0982. The summed E-state index contributed by atoms with van der Waals surface area (Å²) >= 11 is 5.86. The van der Waals surface area contributed by atoms with Crippen molar-refractivity contribution in [1.82, 2.24) is 4.98 Å². The van der Waals surface area contributed by atoms with Crippen molar-refractivity contribution in [3.05, 3.63) is 71.0 Å². The number of benzene rings is 2. The molecule has 1 aliphatic heterocycles. The van der Waals surface area contributed by atoms with Crippen LogP contribution in [0.3, 0.4) is 0 Å². The highest BCUT2D eigenvalue weighted by Gasteiger charge is 2.25. The smallest absolute Gasteiger partial charge is 0.262 e. The number of pyridine rings is 1. The maximum absolute atomic E-state index is 12.9. The van der Waals surface area contributed by atoms with E-state index in [1.165, 1.54) is 18.2 Å². The van der Waals surface area contributed by atoms with Gasteiger partial charge in [0.2, 0.25) is 0 Å². The fourth-order valence-corrected chi connectivity index (χ4v) is 3.49. The minimum Gasteiger partial charge on any atom is -0.508 e. The molecule has 1 amide bonds. The molecule has 5 nitrogen and oxygen atoms in total. The number of phenolic OH excluding ortho intramolecular Hbond substituents is 2. The van der Waals surface area contributed by atoms with E-state index in [2.05, 4.69) is 11.1 Å². The minimum atomic E-state index is -0.283. The first-order valence-corrected chi connectivity index (χ1v) is 8.99. The number of amides is 1. The molecular weight excluding hydrogens is 364 g/mol. The quantitative estimate of drug-likeness (QED) is 0.646. The molecule has 4 rings (SSSR count). The number of nitrogens with zero attached hydrogens (tertiary/aromatic N) is 2. The van der Waals surface area contributed by atoms with Crippen molar-refractivity contribution < 1.29 is 15.0 Å². The summed E-state index contributed by atoms with van der Waals surface area (Å²) in [4.78, 5) is 18.7. The fourth-order valence-electron chi connectivity index (χ4n) is 3.38. The van der Waals surface area contributed by atoms with E-state index in [4.69, 9.17) is 11.6 Å². The van der Waals surface area contributed by atoms with Gasteiger partial charge in [0.05, 0.1) is 5.56 Å². The molecule has 0 atom stereocenters. The van der Waals surface area contributed by atoms with E-state index >= 15 is 0 Å². The van der Waals surface area contributed by atoms with Crippen LogP contribution < -0.4 is 4.90 Å². The second kappa shape index (κ2) is 6.93. The van der Waals surface area contributed by atoms with Crippen LogP contribution in [-0.4, -0.2) is 27.6 Å². The van der Waals surface area contributed by atoms with E-state index in [0.717, 1.165) is 35.2 Å². The first-order valence-electron chi connectivity index (χ1n) is 8.61. The molecular formula is C21H17ClN2O3. The Kier molecular flexibility index (Phi) is 4.46. The molecule has 0 bridgehead atoms. The van der Waals surface area contributed by atoms with Gasteiger partial charge in [-0.1, -0.05) is 17.7 Å². The summed E-state index contributed by atoms with van der Waals surface area (Å²) in [6.07, 6.45) is 3.43. The predicted molar refractivity (Wildman–Crippen MR) is 104 cm³/mol. The van der Waals surface area contributed by atoms with E-state index in [9.17, 15) is 15.0 Å². The highest BCUT2D eigenvalue weighted by atomic mass is 35.5. The summed E-state index contributed by atoms with van der Waals surface area (Å²) in [5.41, 5.74) is 4.05. The molecule has 0 fully saturated rings. The van der Waals surface area contributed by atoms with E-state index in [-0.39, 0.29) is 23.0 Å². The van der Waals surface area contributed by atoms with Gasteiger partial charge in [-0.05, 0) is 60.4 Å². The number of carbonyl (C=O) groups is 1. The number of carbonyl (C=O) groups excluding carboxylic acids is 1. The van der Waals surface area contributed by atoms with Gasteiger partial charge in [0.15, 0.2) is 0 Å². The molecule has 0 saturated carbocycles. The standard InChI is InChI=1S/C21H17ClN2O3/c22-20-8-4-15(12-23-20)13-3-7-18-14(10-13)2-1-9-24(18)21(27)17-6-5-16(25)11-19(17)26/h3-8,10-12,25-26H,1-2,9H2. The predicted octanol–water partition coefficient (Wildman–Crippen LogP) is 4.41. The lowest BCUT2D eigenvalue weighted by atomic mass is 9.96. The van der Waals surface area contributed by atoms with Crippen LogP contribution >= 0.6 is 11.6 Å². The molecule has 27 heavy (non-hydrogen) atoms. The molecule has 136 valence electrons. The third-order valence-electron chi connectivity index (χ3n) is 4.72. The van der Waals surface area contributed by atoms with E-state index in [1.807, 2.05) is 18.2 Å². The Labute approximate surface area is 161 Å². The Balaban J connectivity index is 1.69. The average Bonchev–Trinajstić information content (AvgIpc) is 2.67. The van der Waals surface area contributed by atoms with Gasteiger partial charge in [0, 0.05) is 30.1 Å². The van der Waals surface area contributed by atoms with Crippen LogP contribution in [0.25, 0.3) is 11.1 Å².